The molecule has 3 unspecified atom stereocenters. The number of carbonyl (C=O) groups excluding carboxylic acids is 1. The number of halogens is 3. The monoisotopic (exact) mass is 421 g/mol. The molecule has 1 aliphatic heterocycles. The number of hydrogen-bond donors (Lipinski definition) is 0. The average molecular weight is 423 g/mol. The molecule has 2 fully saturated rings. The van der Waals surface area contributed by atoms with Gasteiger partial charge in [0.15, 0.2) is 0 Å². The van der Waals surface area contributed by atoms with Gasteiger partial charge in [-0.25, -0.2) is 0 Å². The molecule has 0 N–H and O–H groups in total. The summed E-state index contributed by atoms with van der Waals surface area (Å²) in [4.78, 5) is 15.1. The topological polar surface area (TPSA) is 20.3 Å². The second kappa shape index (κ2) is 7.66. The highest BCUT2D eigenvalue weighted by Gasteiger charge is 2.50. The Balaban J connectivity index is 1.79. The van der Waals surface area contributed by atoms with Crippen molar-refractivity contribution in [3.8, 4) is 0 Å². The molecule has 0 aromatic heterocycles. The molecule has 4 rings (SSSR count). The van der Waals surface area contributed by atoms with Crippen molar-refractivity contribution in [1.82, 2.24) is 4.90 Å². The SMILES string of the molecule is O=C(c1ccccc1Cl)N1CCC2(Cl)CCCCC2C1c1ccccc1Cl. The molecule has 1 aliphatic carbocycles. The number of likely N-dealkylation sites (tertiary alicyclic amines) is 1. The minimum absolute atomic E-state index is 0.0465. The molecule has 2 aliphatic rings. The summed E-state index contributed by atoms with van der Waals surface area (Å²) < 4.78 is 0. The number of fused-ring (bicyclic) bond motifs is 1. The van der Waals surface area contributed by atoms with Crippen LogP contribution in [0, 0.1) is 5.92 Å². The molecule has 1 amide bonds. The maximum absolute atomic E-state index is 13.4. The number of rotatable bonds is 2. The molecule has 0 radical (unpaired) electrons. The Hall–Kier alpha value is -1.22. The van der Waals surface area contributed by atoms with Crippen LogP contribution in [0.15, 0.2) is 48.5 Å². The molecular formula is C22H22Cl3NO. The predicted molar refractivity (Wildman–Crippen MR) is 112 cm³/mol. The highest BCUT2D eigenvalue weighted by Crippen LogP contribution is 2.53. The molecule has 2 aromatic carbocycles. The predicted octanol–water partition coefficient (Wildman–Crippen LogP) is 6.75. The summed E-state index contributed by atoms with van der Waals surface area (Å²) in [5, 5.41) is 1.16. The fourth-order valence-corrected chi connectivity index (χ4v) is 5.67. The normalized spacial score (nSPS) is 27.9. The highest BCUT2D eigenvalue weighted by atomic mass is 35.5. The fraction of sp³-hybridized carbons (Fsp3) is 0.409. The first kappa shape index (κ1) is 19.1. The molecule has 1 saturated heterocycles. The van der Waals surface area contributed by atoms with Crippen LogP contribution >= 0.6 is 34.8 Å². The number of hydrogen-bond acceptors (Lipinski definition) is 1. The number of benzene rings is 2. The molecule has 1 heterocycles. The number of nitrogens with zero attached hydrogens (tertiary/aromatic N) is 1. The highest BCUT2D eigenvalue weighted by molar-refractivity contribution is 6.34. The van der Waals surface area contributed by atoms with Gasteiger partial charge >= 0.3 is 0 Å². The minimum Gasteiger partial charge on any atom is -0.331 e. The van der Waals surface area contributed by atoms with Crippen molar-refractivity contribution in [3.05, 3.63) is 69.7 Å². The van der Waals surface area contributed by atoms with Gasteiger partial charge in [-0.1, -0.05) is 66.4 Å². The average Bonchev–Trinajstić information content (AvgIpc) is 2.67. The van der Waals surface area contributed by atoms with E-state index in [2.05, 4.69) is 0 Å². The number of amides is 1. The molecule has 0 spiro atoms. The van der Waals surface area contributed by atoms with Crippen LogP contribution < -0.4 is 0 Å². The van der Waals surface area contributed by atoms with Gasteiger partial charge in [-0.3, -0.25) is 4.79 Å². The first-order valence-electron chi connectivity index (χ1n) is 9.50. The Morgan fingerprint density at radius 3 is 2.41 bits per heavy atom. The van der Waals surface area contributed by atoms with E-state index in [9.17, 15) is 4.79 Å². The van der Waals surface area contributed by atoms with E-state index in [-0.39, 0.29) is 22.7 Å². The number of piperidine rings is 1. The Labute approximate surface area is 175 Å². The van der Waals surface area contributed by atoms with Crippen molar-refractivity contribution in [1.29, 1.82) is 0 Å². The van der Waals surface area contributed by atoms with E-state index in [0.29, 0.717) is 22.2 Å². The lowest BCUT2D eigenvalue weighted by atomic mass is 9.68. The van der Waals surface area contributed by atoms with E-state index in [0.717, 1.165) is 37.7 Å². The van der Waals surface area contributed by atoms with Crippen molar-refractivity contribution in [2.45, 2.75) is 43.0 Å². The second-order valence-corrected chi connectivity index (χ2v) is 9.15. The summed E-state index contributed by atoms with van der Waals surface area (Å²) in [6.45, 7) is 0.611. The van der Waals surface area contributed by atoms with Gasteiger partial charge in [0.1, 0.15) is 0 Å². The van der Waals surface area contributed by atoms with Gasteiger partial charge in [0.2, 0.25) is 0 Å². The van der Waals surface area contributed by atoms with Gasteiger partial charge in [-0.2, -0.15) is 0 Å². The van der Waals surface area contributed by atoms with Crippen LogP contribution in [0.4, 0.5) is 0 Å². The zero-order valence-electron chi connectivity index (χ0n) is 15.0. The van der Waals surface area contributed by atoms with E-state index in [4.69, 9.17) is 34.8 Å². The minimum atomic E-state index is -0.265. The summed E-state index contributed by atoms with van der Waals surface area (Å²) in [5.41, 5.74) is 1.52. The maximum Gasteiger partial charge on any atom is 0.255 e. The first-order valence-corrected chi connectivity index (χ1v) is 10.6. The first-order chi connectivity index (χ1) is 13.0. The van der Waals surface area contributed by atoms with Gasteiger partial charge in [-0.15, -0.1) is 11.6 Å². The Kier molecular flexibility index (Phi) is 5.42. The summed E-state index contributed by atoms with van der Waals surface area (Å²) >= 11 is 20.0. The lowest BCUT2D eigenvalue weighted by Gasteiger charge is -2.52. The molecule has 2 nitrogen and oxygen atoms in total. The van der Waals surface area contributed by atoms with Crippen molar-refractivity contribution in [2.75, 3.05) is 6.54 Å². The van der Waals surface area contributed by atoms with Crippen LogP contribution in [0.5, 0.6) is 0 Å². The van der Waals surface area contributed by atoms with Crippen molar-refractivity contribution in [3.63, 3.8) is 0 Å². The molecule has 0 bridgehead atoms. The van der Waals surface area contributed by atoms with Gasteiger partial charge in [0.25, 0.3) is 5.91 Å². The number of carbonyl (C=O) groups is 1. The van der Waals surface area contributed by atoms with E-state index >= 15 is 0 Å². The molecule has 27 heavy (non-hydrogen) atoms. The van der Waals surface area contributed by atoms with E-state index in [1.165, 1.54) is 0 Å². The Morgan fingerprint density at radius 1 is 0.963 bits per heavy atom. The van der Waals surface area contributed by atoms with Crippen LogP contribution in [0.1, 0.15) is 54.1 Å². The van der Waals surface area contributed by atoms with Crippen LogP contribution in [-0.4, -0.2) is 22.2 Å². The molecule has 142 valence electrons. The summed E-state index contributed by atoms with van der Waals surface area (Å²) in [5.74, 6) is 0.141. The summed E-state index contributed by atoms with van der Waals surface area (Å²) in [6.07, 6.45) is 5.08. The summed E-state index contributed by atoms with van der Waals surface area (Å²) in [6, 6.07) is 14.9. The zero-order chi connectivity index (χ0) is 19.0. The maximum atomic E-state index is 13.4. The largest absolute Gasteiger partial charge is 0.331 e. The lowest BCUT2D eigenvalue weighted by Crippen LogP contribution is -2.53. The van der Waals surface area contributed by atoms with Crippen molar-refractivity contribution < 1.29 is 4.79 Å². The second-order valence-electron chi connectivity index (χ2n) is 7.58. The van der Waals surface area contributed by atoms with E-state index in [1.54, 1.807) is 12.1 Å². The lowest BCUT2D eigenvalue weighted by molar-refractivity contribution is 0.0280. The summed E-state index contributed by atoms with van der Waals surface area (Å²) in [7, 11) is 0. The zero-order valence-corrected chi connectivity index (χ0v) is 17.3. The van der Waals surface area contributed by atoms with Gasteiger partial charge < -0.3 is 4.90 Å². The third-order valence-corrected chi connectivity index (χ3v) is 7.43. The fourth-order valence-electron chi connectivity index (χ4n) is 4.76. The van der Waals surface area contributed by atoms with Crippen LogP contribution in [0.2, 0.25) is 10.0 Å². The molecule has 1 saturated carbocycles. The Morgan fingerprint density at radius 2 is 1.67 bits per heavy atom. The Bertz CT molecular complexity index is 855. The molecular weight excluding hydrogens is 401 g/mol. The van der Waals surface area contributed by atoms with E-state index in [1.807, 2.05) is 41.3 Å². The van der Waals surface area contributed by atoms with E-state index < -0.39 is 0 Å². The van der Waals surface area contributed by atoms with Gasteiger partial charge in [-0.05, 0) is 43.0 Å². The quantitative estimate of drug-likeness (QED) is 0.490. The number of alkyl halides is 1. The van der Waals surface area contributed by atoms with Gasteiger partial charge in [0.05, 0.1) is 21.5 Å². The molecule has 5 heteroatoms. The smallest absolute Gasteiger partial charge is 0.255 e. The van der Waals surface area contributed by atoms with Crippen LogP contribution in [0.3, 0.4) is 0 Å². The molecule has 3 atom stereocenters. The van der Waals surface area contributed by atoms with Gasteiger partial charge in [0, 0.05) is 17.5 Å². The van der Waals surface area contributed by atoms with Crippen LogP contribution in [-0.2, 0) is 0 Å². The molecule has 2 aromatic rings. The third kappa shape index (κ3) is 3.48. The van der Waals surface area contributed by atoms with Crippen molar-refractivity contribution in [2.24, 2.45) is 5.92 Å². The third-order valence-electron chi connectivity index (χ3n) is 6.10. The van der Waals surface area contributed by atoms with Crippen LogP contribution in [0.25, 0.3) is 0 Å². The van der Waals surface area contributed by atoms with Crippen molar-refractivity contribution >= 4 is 40.7 Å². The standard InChI is InChI=1S/C22H22Cl3NO/c23-18-10-3-1-7-15(18)20-17-9-5-6-12-22(17,25)13-14-26(20)21(27)16-8-2-4-11-19(16)24/h1-4,7-8,10-11,17,20H,5-6,9,12-14H2.